The molecule has 0 unspecified atom stereocenters. The molecule has 4 aromatic rings. The molecule has 504 valence electrons. The minimum atomic E-state index is -1.47. The van der Waals surface area contributed by atoms with E-state index in [1.54, 1.807) is 42.8 Å². The van der Waals surface area contributed by atoms with Crippen LogP contribution in [0.5, 0.6) is 17.4 Å². The summed E-state index contributed by atoms with van der Waals surface area (Å²) in [5.41, 5.74) is 4.09. The van der Waals surface area contributed by atoms with Crippen molar-refractivity contribution < 1.29 is 109 Å². The van der Waals surface area contributed by atoms with Crippen molar-refractivity contribution in [2.75, 3.05) is 13.2 Å². The number of H-pyrrole nitrogens is 1. The van der Waals surface area contributed by atoms with Crippen molar-refractivity contribution in [1.29, 1.82) is 0 Å². The molecule has 2 saturated heterocycles. The molecular formula is C62H83BrF2N4O22. The van der Waals surface area contributed by atoms with Crippen LogP contribution in [0.25, 0.3) is 0 Å². The lowest BCUT2D eigenvalue weighted by atomic mass is 9.98. The Hall–Kier alpha value is -7.92. The number of nitrogens with one attached hydrogen (secondary N) is 1. The fourth-order valence-electron chi connectivity index (χ4n) is 9.61. The standard InChI is InChI=1S/C31H41FN2O11.C17H23FN2O2.C14H19BrO9/c1-15(2)34-17(5)23(12-22-10-11-25(24(32)13-22)40-16(3)4)30(33-34)45-31-29(43-21(9)38)28(42-20(8)37)27(41-19(7)36)26(44-31)14-39-18(6)35;1-10(2)20-12(5)14(17(21)19-20)8-13-6-7-16(15(18)9-13)22-11(3)4;1-6(16)20-5-10-11(21-7(2)17)12(22-8(3)18)13(14(15)24-10)23-9(4)19/h10-11,13,15-16,26-29,31H,12,14H2,1-9H3;6-7,9-11H,8H2,1-5H3,(H,19,21);10-14H,5H2,1-4H3/t26-,27-,28+,29-,31+;;10-,11-,12+,13-,14+/m1.1/s1. The van der Waals surface area contributed by atoms with E-state index in [1.807, 2.05) is 60.1 Å². The summed E-state index contributed by atoms with van der Waals surface area (Å²) in [6, 6.07) is 9.57. The van der Waals surface area contributed by atoms with E-state index in [-0.39, 0.29) is 60.3 Å². The van der Waals surface area contributed by atoms with Gasteiger partial charge in [-0.1, -0.05) is 28.1 Å². The molecule has 0 amide bonds. The maximum Gasteiger partial charge on any atom is 0.303 e. The molecule has 2 aromatic heterocycles. The lowest BCUT2D eigenvalue weighted by molar-refractivity contribution is -0.289. The van der Waals surface area contributed by atoms with E-state index < -0.39 is 126 Å². The Morgan fingerprint density at radius 1 is 0.538 bits per heavy atom. The molecular weight excluding hydrogens is 1270 g/mol. The molecule has 26 nitrogen and oxygen atoms in total. The summed E-state index contributed by atoms with van der Waals surface area (Å²) in [6.07, 6.45) is -10.8. The largest absolute Gasteiger partial charge is 0.488 e. The number of alkyl halides is 1. The van der Waals surface area contributed by atoms with Crippen LogP contribution in [-0.2, 0) is 98.6 Å². The minimum Gasteiger partial charge on any atom is -0.488 e. The zero-order valence-electron chi connectivity index (χ0n) is 54.3. The molecule has 0 radical (unpaired) electrons. The first-order valence-corrected chi connectivity index (χ1v) is 30.1. The topological polar surface area (TPSA) is 312 Å². The van der Waals surface area contributed by atoms with Crippen LogP contribution in [-0.4, -0.2) is 153 Å². The number of hydrogen-bond acceptors (Lipinski definition) is 23. The molecule has 2 aliphatic rings. The second-order valence-corrected chi connectivity index (χ2v) is 23.2. The Kier molecular flexibility index (Phi) is 28.6. The van der Waals surface area contributed by atoms with Gasteiger partial charge in [0.25, 0.3) is 5.56 Å². The Morgan fingerprint density at radius 2 is 0.934 bits per heavy atom. The van der Waals surface area contributed by atoms with Gasteiger partial charge in [-0.15, -0.1) is 5.10 Å². The van der Waals surface area contributed by atoms with Crippen molar-refractivity contribution in [3.63, 3.8) is 0 Å². The zero-order valence-corrected chi connectivity index (χ0v) is 55.9. The van der Waals surface area contributed by atoms with Crippen molar-refractivity contribution in [2.24, 2.45) is 0 Å². The van der Waals surface area contributed by atoms with Crippen LogP contribution in [0.3, 0.4) is 0 Å². The lowest BCUT2D eigenvalue weighted by Crippen LogP contribution is -2.63. The van der Waals surface area contributed by atoms with Crippen molar-refractivity contribution in [3.05, 3.63) is 92.0 Å². The van der Waals surface area contributed by atoms with Crippen LogP contribution in [0.4, 0.5) is 8.78 Å². The lowest BCUT2D eigenvalue weighted by Gasteiger charge is -2.43. The Morgan fingerprint density at radius 3 is 1.32 bits per heavy atom. The van der Waals surface area contributed by atoms with Crippen LogP contribution in [0, 0.1) is 25.5 Å². The molecule has 0 bridgehead atoms. The molecule has 0 saturated carbocycles. The molecule has 10 atom stereocenters. The van der Waals surface area contributed by atoms with Gasteiger partial charge in [0.2, 0.25) is 18.3 Å². The highest BCUT2D eigenvalue weighted by Gasteiger charge is 2.54. The van der Waals surface area contributed by atoms with Crippen LogP contribution in [0.15, 0.2) is 41.2 Å². The van der Waals surface area contributed by atoms with Gasteiger partial charge in [-0.25, -0.2) is 8.78 Å². The molecule has 4 heterocycles. The SMILES string of the molecule is CC(=O)OC[C@H]1O[C@@H](Oc2nn(C(C)C)c(C)c2Cc2ccc(OC(C)C)c(F)c2)[C@H](OC(C)=O)[C@@H](OC(C)=O)[C@@H]1OC(C)=O.CC(=O)OC[C@H]1O[C@H](Br)[C@H](OC(C)=O)[C@@H](OC(C)=O)[C@@H]1OC(C)=O.Cc1c(Cc2ccc(OC(C)C)c(F)c2)c(=O)[nH]n1C(C)C. The zero-order chi connectivity index (χ0) is 68.5. The van der Waals surface area contributed by atoms with Gasteiger partial charge in [0, 0.05) is 103 Å². The van der Waals surface area contributed by atoms with Crippen LogP contribution < -0.4 is 19.8 Å². The van der Waals surface area contributed by atoms with E-state index in [0.717, 1.165) is 45.9 Å². The third-order valence-electron chi connectivity index (χ3n) is 13.1. The van der Waals surface area contributed by atoms with E-state index in [2.05, 4.69) is 26.1 Å². The molecule has 29 heteroatoms. The summed E-state index contributed by atoms with van der Waals surface area (Å²) in [4.78, 5) is 105. The minimum absolute atomic E-state index is 0.0741. The van der Waals surface area contributed by atoms with Gasteiger partial charge in [-0.2, -0.15) is 0 Å². The third-order valence-corrected chi connectivity index (χ3v) is 13.9. The summed E-state index contributed by atoms with van der Waals surface area (Å²) < 4.78 is 103. The van der Waals surface area contributed by atoms with Gasteiger partial charge >= 0.3 is 47.8 Å². The number of benzene rings is 2. The smallest absolute Gasteiger partial charge is 0.303 e. The number of rotatable bonds is 22. The quantitative estimate of drug-likeness (QED) is 0.0445. The fraction of sp³-hybridized carbons (Fsp3) is 0.581. The van der Waals surface area contributed by atoms with Crippen molar-refractivity contribution >= 4 is 63.7 Å². The average Bonchev–Trinajstić information content (AvgIpc) is 1.70. The highest BCUT2D eigenvalue weighted by molar-refractivity contribution is 9.09. The summed E-state index contributed by atoms with van der Waals surface area (Å²) in [5, 5.41) is 6.59. The molecule has 91 heavy (non-hydrogen) atoms. The van der Waals surface area contributed by atoms with Crippen molar-refractivity contribution in [2.45, 2.75) is 222 Å². The predicted octanol–water partition coefficient (Wildman–Crippen LogP) is 7.80. The fourth-order valence-corrected chi connectivity index (χ4v) is 10.3. The first-order chi connectivity index (χ1) is 42.5. The number of carbonyl (C=O) groups excluding carboxylic acids is 8. The maximum atomic E-state index is 14.9. The Balaban J connectivity index is 0.000000322. The summed E-state index contributed by atoms with van der Waals surface area (Å²) >= 11 is 3.18. The first-order valence-electron chi connectivity index (χ1n) is 29.2. The summed E-state index contributed by atoms with van der Waals surface area (Å²) in [6.45, 7) is 27.5. The monoisotopic (exact) mass is 1350 g/mol. The van der Waals surface area contributed by atoms with Gasteiger partial charge < -0.3 is 61.6 Å². The number of esters is 8. The van der Waals surface area contributed by atoms with Crippen molar-refractivity contribution in [1.82, 2.24) is 19.6 Å². The number of carbonyl (C=O) groups is 8. The molecule has 2 aromatic carbocycles. The van der Waals surface area contributed by atoms with E-state index in [1.165, 1.54) is 32.9 Å². The van der Waals surface area contributed by atoms with Crippen molar-refractivity contribution in [3.8, 4) is 17.4 Å². The molecule has 1 N–H and O–H groups in total. The maximum absolute atomic E-state index is 14.9. The number of aromatic nitrogens is 4. The number of hydrogen-bond donors (Lipinski definition) is 1. The van der Waals surface area contributed by atoms with E-state index in [9.17, 15) is 51.9 Å². The highest BCUT2D eigenvalue weighted by Crippen LogP contribution is 2.36. The molecule has 0 aliphatic carbocycles. The Labute approximate surface area is 534 Å². The average molecular weight is 1350 g/mol. The van der Waals surface area contributed by atoms with E-state index >= 15 is 0 Å². The first kappa shape index (κ1) is 75.5. The normalized spacial score (nSPS) is 21.0. The van der Waals surface area contributed by atoms with Gasteiger partial charge in [0.1, 0.15) is 25.4 Å². The molecule has 2 aliphatic heterocycles. The predicted molar refractivity (Wildman–Crippen MR) is 321 cm³/mol. The van der Waals surface area contributed by atoms with Crippen LogP contribution in [0.2, 0.25) is 0 Å². The number of halogens is 3. The third kappa shape index (κ3) is 22.8. The second kappa shape index (κ2) is 34.5. The van der Waals surface area contributed by atoms with Gasteiger partial charge in [-0.3, -0.25) is 57.6 Å². The van der Waals surface area contributed by atoms with Gasteiger partial charge in [0.05, 0.1) is 12.2 Å². The number of nitrogens with zero attached hydrogens (tertiary/aromatic N) is 3. The summed E-state index contributed by atoms with van der Waals surface area (Å²) in [5.74, 6) is -5.94. The second-order valence-electron chi connectivity index (χ2n) is 22.3. The van der Waals surface area contributed by atoms with E-state index in [4.69, 9.17) is 61.6 Å². The molecule has 6 rings (SSSR count). The highest BCUT2D eigenvalue weighted by atomic mass is 79.9. The molecule has 0 spiro atoms. The number of aromatic amines is 1. The van der Waals surface area contributed by atoms with Gasteiger partial charge in [-0.05, 0) is 105 Å². The van der Waals surface area contributed by atoms with E-state index in [0.29, 0.717) is 28.8 Å². The molecule has 2 fully saturated rings. The van der Waals surface area contributed by atoms with Crippen LogP contribution in [0.1, 0.15) is 157 Å². The van der Waals surface area contributed by atoms with Crippen LogP contribution >= 0.6 is 15.9 Å². The Bertz CT molecular complexity index is 3250. The van der Waals surface area contributed by atoms with Gasteiger partial charge in [0.15, 0.2) is 58.7 Å². The number of ether oxygens (including phenoxy) is 13. The summed E-state index contributed by atoms with van der Waals surface area (Å²) in [7, 11) is 0.